The summed E-state index contributed by atoms with van der Waals surface area (Å²) in [4.78, 5) is 0. The van der Waals surface area contributed by atoms with Gasteiger partial charge in [-0.25, -0.2) is 4.39 Å². The zero-order valence-electron chi connectivity index (χ0n) is 7.26. The molecule has 0 saturated carbocycles. The molecular formula is C8H14FN3. The van der Waals surface area contributed by atoms with Crippen LogP contribution in [0.4, 0.5) is 4.39 Å². The maximum absolute atomic E-state index is 11.7. The number of nitrogens with one attached hydrogen (secondary N) is 1. The molecule has 1 aromatic rings. The summed E-state index contributed by atoms with van der Waals surface area (Å²) in [6.45, 7) is 0.951. The van der Waals surface area contributed by atoms with Crippen LogP contribution in [0.5, 0.6) is 0 Å². The van der Waals surface area contributed by atoms with Crippen LogP contribution in [0.3, 0.4) is 0 Å². The predicted molar refractivity (Wildman–Crippen MR) is 45.8 cm³/mol. The Balaban J connectivity index is 2.20. The van der Waals surface area contributed by atoms with E-state index in [1.807, 2.05) is 17.8 Å². The second-order valence-electron chi connectivity index (χ2n) is 2.64. The molecule has 4 heteroatoms. The highest BCUT2D eigenvalue weighted by molar-refractivity contribution is 5.00. The first kappa shape index (κ1) is 9.19. The van der Waals surface area contributed by atoms with E-state index >= 15 is 0 Å². The zero-order valence-corrected chi connectivity index (χ0v) is 7.26. The summed E-state index contributed by atoms with van der Waals surface area (Å²) in [7, 11) is 1.91. The first-order valence-corrected chi connectivity index (χ1v) is 4.08. The van der Waals surface area contributed by atoms with E-state index in [9.17, 15) is 4.39 Å². The average Bonchev–Trinajstić information content (AvgIpc) is 2.46. The van der Waals surface area contributed by atoms with Crippen molar-refractivity contribution in [2.45, 2.75) is 6.42 Å². The van der Waals surface area contributed by atoms with Gasteiger partial charge in [-0.1, -0.05) is 0 Å². The highest BCUT2D eigenvalue weighted by Gasteiger charge is 1.96. The lowest BCUT2D eigenvalue weighted by Gasteiger charge is -2.02. The van der Waals surface area contributed by atoms with Crippen LogP contribution in [0.15, 0.2) is 12.3 Å². The van der Waals surface area contributed by atoms with Crippen molar-refractivity contribution in [3.63, 3.8) is 0 Å². The van der Waals surface area contributed by atoms with E-state index in [4.69, 9.17) is 0 Å². The van der Waals surface area contributed by atoms with Crippen LogP contribution in [0.25, 0.3) is 0 Å². The second-order valence-corrected chi connectivity index (χ2v) is 2.64. The van der Waals surface area contributed by atoms with Crippen molar-refractivity contribution in [3.8, 4) is 0 Å². The van der Waals surface area contributed by atoms with Gasteiger partial charge in [0.15, 0.2) is 0 Å². The molecule has 1 aromatic heterocycles. The number of aromatic nitrogens is 2. The van der Waals surface area contributed by atoms with Gasteiger partial charge >= 0.3 is 0 Å². The number of hydrogen-bond acceptors (Lipinski definition) is 2. The molecule has 0 unspecified atom stereocenters. The van der Waals surface area contributed by atoms with Crippen LogP contribution in [-0.2, 0) is 13.5 Å². The SMILES string of the molecule is Cn1nccc1CCNCCF. The lowest BCUT2D eigenvalue weighted by atomic mass is 10.3. The summed E-state index contributed by atoms with van der Waals surface area (Å²) in [5.74, 6) is 0. The lowest BCUT2D eigenvalue weighted by Crippen LogP contribution is -2.20. The lowest BCUT2D eigenvalue weighted by molar-refractivity contribution is 0.467. The first-order chi connectivity index (χ1) is 5.84. The molecule has 0 aliphatic rings. The Morgan fingerprint density at radius 3 is 3.00 bits per heavy atom. The van der Waals surface area contributed by atoms with Crippen LogP contribution < -0.4 is 5.32 Å². The van der Waals surface area contributed by atoms with Gasteiger partial charge < -0.3 is 5.32 Å². The first-order valence-electron chi connectivity index (χ1n) is 4.08. The van der Waals surface area contributed by atoms with E-state index in [0.717, 1.165) is 13.0 Å². The zero-order chi connectivity index (χ0) is 8.81. The highest BCUT2D eigenvalue weighted by Crippen LogP contribution is 1.95. The minimum atomic E-state index is -0.300. The van der Waals surface area contributed by atoms with Crippen molar-refractivity contribution < 1.29 is 4.39 Å². The third kappa shape index (κ3) is 2.62. The number of halogens is 1. The van der Waals surface area contributed by atoms with Crippen LogP contribution in [0.2, 0.25) is 0 Å². The van der Waals surface area contributed by atoms with Gasteiger partial charge in [-0.05, 0) is 6.07 Å². The maximum atomic E-state index is 11.7. The van der Waals surface area contributed by atoms with Gasteiger partial charge in [-0.3, -0.25) is 4.68 Å². The highest BCUT2D eigenvalue weighted by atomic mass is 19.1. The molecule has 68 valence electrons. The van der Waals surface area contributed by atoms with Crippen LogP contribution in [-0.4, -0.2) is 29.5 Å². The van der Waals surface area contributed by atoms with E-state index in [2.05, 4.69) is 10.4 Å². The Bertz CT molecular complexity index is 222. The number of hydrogen-bond donors (Lipinski definition) is 1. The van der Waals surface area contributed by atoms with E-state index in [-0.39, 0.29) is 6.67 Å². The fourth-order valence-corrected chi connectivity index (χ4v) is 1.05. The Kier molecular flexibility index (Phi) is 3.73. The maximum Gasteiger partial charge on any atom is 0.102 e. The van der Waals surface area contributed by atoms with Crippen molar-refractivity contribution in [3.05, 3.63) is 18.0 Å². The Labute approximate surface area is 71.6 Å². The van der Waals surface area contributed by atoms with Gasteiger partial charge in [0.2, 0.25) is 0 Å². The molecular weight excluding hydrogens is 157 g/mol. The molecule has 1 rings (SSSR count). The van der Waals surface area contributed by atoms with Gasteiger partial charge in [0.25, 0.3) is 0 Å². The minimum absolute atomic E-state index is 0.300. The Morgan fingerprint density at radius 1 is 1.58 bits per heavy atom. The third-order valence-corrected chi connectivity index (χ3v) is 1.75. The molecule has 0 amide bonds. The summed E-state index contributed by atoms with van der Waals surface area (Å²) >= 11 is 0. The Hall–Kier alpha value is -0.900. The summed E-state index contributed by atoms with van der Waals surface area (Å²) in [6, 6.07) is 1.97. The smallest absolute Gasteiger partial charge is 0.102 e. The van der Waals surface area contributed by atoms with Gasteiger partial charge in [-0.15, -0.1) is 0 Å². The fourth-order valence-electron chi connectivity index (χ4n) is 1.05. The van der Waals surface area contributed by atoms with Crippen molar-refractivity contribution >= 4 is 0 Å². The van der Waals surface area contributed by atoms with Gasteiger partial charge in [-0.2, -0.15) is 5.10 Å². The summed E-state index contributed by atoms with van der Waals surface area (Å²) < 4.78 is 13.5. The monoisotopic (exact) mass is 171 g/mol. The molecule has 0 fully saturated rings. The van der Waals surface area contributed by atoms with E-state index in [1.165, 1.54) is 5.69 Å². The number of aryl methyl sites for hydroxylation is 1. The van der Waals surface area contributed by atoms with Crippen LogP contribution >= 0.6 is 0 Å². The molecule has 1 heterocycles. The van der Waals surface area contributed by atoms with Crippen molar-refractivity contribution in [2.24, 2.45) is 7.05 Å². The Morgan fingerprint density at radius 2 is 2.42 bits per heavy atom. The normalized spacial score (nSPS) is 10.5. The molecule has 0 aliphatic heterocycles. The third-order valence-electron chi connectivity index (χ3n) is 1.75. The van der Waals surface area contributed by atoms with Crippen LogP contribution in [0, 0.1) is 0 Å². The molecule has 0 spiro atoms. The van der Waals surface area contributed by atoms with E-state index in [0.29, 0.717) is 6.54 Å². The molecule has 0 aliphatic carbocycles. The largest absolute Gasteiger partial charge is 0.314 e. The fraction of sp³-hybridized carbons (Fsp3) is 0.625. The molecule has 1 N–H and O–H groups in total. The van der Waals surface area contributed by atoms with Gasteiger partial charge in [0, 0.05) is 38.4 Å². The molecule has 0 bridgehead atoms. The topological polar surface area (TPSA) is 29.9 Å². The second kappa shape index (κ2) is 4.87. The number of nitrogens with zero attached hydrogens (tertiary/aromatic N) is 2. The van der Waals surface area contributed by atoms with Crippen LogP contribution in [0.1, 0.15) is 5.69 Å². The predicted octanol–water partition coefficient (Wildman–Crippen LogP) is 0.522. The van der Waals surface area contributed by atoms with Gasteiger partial charge in [0.1, 0.15) is 6.67 Å². The van der Waals surface area contributed by atoms with Crippen molar-refractivity contribution in [1.82, 2.24) is 15.1 Å². The molecule has 0 radical (unpaired) electrons. The molecule has 0 aromatic carbocycles. The summed E-state index contributed by atoms with van der Waals surface area (Å²) in [6.07, 6.45) is 2.67. The number of alkyl halides is 1. The molecule has 0 saturated heterocycles. The standard InChI is InChI=1S/C8H14FN3/c1-12-8(3-6-11-12)2-5-10-7-4-9/h3,6,10H,2,4-5,7H2,1H3. The summed E-state index contributed by atoms with van der Waals surface area (Å²) in [5.41, 5.74) is 1.17. The van der Waals surface area contributed by atoms with Crippen molar-refractivity contribution in [1.29, 1.82) is 0 Å². The minimum Gasteiger partial charge on any atom is -0.314 e. The average molecular weight is 171 g/mol. The van der Waals surface area contributed by atoms with E-state index < -0.39 is 0 Å². The van der Waals surface area contributed by atoms with E-state index in [1.54, 1.807) is 6.20 Å². The summed E-state index contributed by atoms with van der Waals surface area (Å²) in [5, 5.41) is 7.01. The molecule has 0 atom stereocenters. The number of rotatable bonds is 5. The molecule has 3 nitrogen and oxygen atoms in total. The van der Waals surface area contributed by atoms with Gasteiger partial charge in [0.05, 0.1) is 0 Å². The molecule has 12 heavy (non-hydrogen) atoms. The quantitative estimate of drug-likeness (QED) is 0.655. The van der Waals surface area contributed by atoms with Crippen molar-refractivity contribution in [2.75, 3.05) is 19.8 Å².